The Morgan fingerprint density at radius 2 is 2.05 bits per heavy atom. The molecule has 1 aromatic rings. The third-order valence-electron chi connectivity index (χ3n) is 2.67. The highest BCUT2D eigenvalue weighted by molar-refractivity contribution is 5.40. The maximum atomic E-state index is 10.4. The summed E-state index contributed by atoms with van der Waals surface area (Å²) in [6.45, 7) is 5.16. The predicted octanol–water partition coefficient (Wildman–Crippen LogP) is 2.94. The zero-order valence-corrected chi connectivity index (χ0v) is 11.5. The first kappa shape index (κ1) is 15.3. The topological polar surface area (TPSA) is 35.5 Å². The molecule has 0 aliphatic carbocycles. The van der Waals surface area contributed by atoms with E-state index in [1.165, 1.54) is 0 Å². The molecule has 0 aromatic heterocycles. The van der Waals surface area contributed by atoms with Crippen molar-refractivity contribution in [3.63, 3.8) is 0 Å². The van der Waals surface area contributed by atoms with Gasteiger partial charge in [0.15, 0.2) is 5.60 Å². The number of hydrogen-bond donors (Lipinski definition) is 0. The van der Waals surface area contributed by atoms with E-state index in [0.29, 0.717) is 19.7 Å². The van der Waals surface area contributed by atoms with Gasteiger partial charge in [0.2, 0.25) is 0 Å². The van der Waals surface area contributed by atoms with E-state index in [0.717, 1.165) is 18.4 Å². The molecule has 0 saturated carbocycles. The van der Waals surface area contributed by atoms with Gasteiger partial charge in [0.25, 0.3) is 6.47 Å². The van der Waals surface area contributed by atoms with Crippen LogP contribution in [0.2, 0.25) is 0 Å². The monoisotopic (exact) mass is 260 g/mol. The molecule has 0 aliphatic heterocycles. The van der Waals surface area contributed by atoms with Gasteiger partial charge in [0.1, 0.15) is 6.61 Å². The van der Waals surface area contributed by atoms with Gasteiger partial charge in [0, 0.05) is 0 Å². The maximum Gasteiger partial charge on any atom is 0.294 e. The number of hydrogen-bond acceptors (Lipinski definition) is 3. The Kier molecular flexibility index (Phi) is 6.70. The van der Waals surface area contributed by atoms with E-state index >= 15 is 0 Å². The van der Waals surface area contributed by atoms with Gasteiger partial charge >= 0.3 is 0 Å². The fraction of sp³-hybridized carbons (Fsp3) is 0.438. The molecule has 0 heterocycles. The van der Waals surface area contributed by atoms with Crippen LogP contribution in [0.5, 0.6) is 0 Å². The van der Waals surface area contributed by atoms with Crippen molar-refractivity contribution in [2.45, 2.75) is 38.9 Å². The zero-order valence-electron chi connectivity index (χ0n) is 11.5. The lowest BCUT2D eigenvalue weighted by molar-refractivity contribution is -0.137. The molecule has 1 rings (SSSR count). The minimum absolute atomic E-state index is 0.330. The van der Waals surface area contributed by atoms with Crippen molar-refractivity contribution in [2.24, 2.45) is 0 Å². The lowest BCUT2D eigenvalue weighted by Crippen LogP contribution is -2.26. The molecule has 0 radical (unpaired) electrons. The fourth-order valence-corrected chi connectivity index (χ4v) is 1.75. The first-order valence-electron chi connectivity index (χ1n) is 6.43. The van der Waals surface area contributed by atoms with Crippen LogP contribution >= 0.6 is 0 Å². The third kappa shape index (κ3) is 6.08. The smallest absolute Gasteiger partial charge is 0.294 e. The number of rotatable bonds is 7. The second kappa shape index (κ2) is 8.34. The summed E-state index contributed by atoms with van der Waals surface area (Å²) in [7, 11) is 0. The number of benzene rings is 1. The van der Waals surface area contributed by atoms with Crippen molar-refractivity contribution in [1.82, 2.24) is 0 Å². The van der Waals surface area contributed by atoms with Crippen molar-refractivity contribution in [2.75, 3.05) is 6.61 Å². The van der Waals surface area contributed by atoms with Crippen LogP contribution in [0.25, 0.3) is 0 Å². The van der Waals surface area contributed by atoms with E-state index in [2.05, 4.69) is 11.8 Å². The van der Waals surface area contributed by atoms with Crippen LogP contribution in [0.3, 0.4) is 0 Å². The first-order valence-corrected chi connectivity index (χ1v) is 6.43. The van der Waals surface area contributed by atoms with Gasteiger partial charge in [-0.15, -0.1) is 0 Å². The SMILES string of the molecule is CCCC(C)(C#CCOCc1ccccc1)OC=O. The summed E-state index contributed by atoms with van der Waals surface area (Å²) in [5.41, 5.74) is 0.414. The Morgan fingerprint density at radius 3 is 2.68 bits per heavy atom. The fourth-order valence-electron chi connectivity index (χ4n) is 1.75. The molecule has 0 amide bonds. The molecular weight excluding hydrogens is 240 g/mol. The van der Waals surface area contributed by atoms with Crippen LogP contribution in [-0.4, -0.2) is 18.7 Å². The lowest BCUT2D eigenvalue weighted by Gasteiger charge is -2.20. The number of carbonyl (C=O) groups is 1. The summed E-state index contributed by atoms with van der Waals surface area (Å²) in [4.78, 5) is 10.4. The summed E-state index contributed by atoms with van der Waals surface area (Å²) < 4.78 is 10.5. The number of carbonyl (C=O) groups excluding carboxylic acids is 1. The molecule has 0 bridgehead atoms. The molecule has 0 N–H and O–H groups in total. The third-order valence-corrected chi connectivity index (χ3v) is 2.67. The summed E-state index contributed by atoms with van der Waals surface area (Å²) in [6, 6.07) is 9.92. The van der Waals surface area contributed by atoms with Crippen molar-refractivity contribution in [1.29, 1.82) is 0 Å². The van der Waals surface area contributed by atoms with E-state index in [9.17, 15) is 4.79 Å². The maximum absolute atomic E-state index is 10.4. The van der Waals surface area contributed by atoms with Crippen molar-refractivity contribution in [3.8, 4) is 11.8 Å². The van der Waals surface area contributed by atoms with Gasteiger partial charge in [-0.3, -0.25) is 4.79 Å². The molecule has 0 spiro atoms. The largest absolute Gasteiger partial charge is 0.448 e. The summed E-state index contributed by atoms with van der Waals surface area (Å²) in [5, 5.41) is 0. The van der Waals surface area contributed by atoms with E-state index in [1.54, 1.807) is 0 Å². The Bertz CT molecular complexity index is 430. The van der Waals surface area contributed by atoms with Crippen LogP contribution in [0.15, 0.2) is 30.3 Å². The molecule has 3 nitrogen and oxygen atoms in total. The van der Waals surface area contributed by atoms with E-state index in [4.69, 9.17) is 9.47 Å². The Balaban J connectivity index is 2.39. The van der Waals surface area contributed by atoms with Crippen LogP contribution in [-0.2, 0) is 20.9 Å². The Morgan fingerprint density at radius 1 is 1.32 bits per heavy atom. The van der Waals surface area contributed by atoms with Gasteiger partial charge in [-0.1, -0.05) is 55.5 Å². The van der Waals surface area contributed by atoms with E-state index in [1.807, 2.05) is 44.2 Å². The highest BCUT2D eigenvalue weighted by Gasteiger charge is 2.21. The molecule has 0 aliphatic rings. The second-order valence-corrected chi connectivity index (χ2v) is 4.48. The van der Waals surface area contributed by atoms with Crippen molar-refractivity contribution in [3.05, 3.63) is 35.9 Å². The lowest BCUT2D eigenvalue weighted by atomic mass is 10.0. The molecule has 1 atom stereocenters. The summed E-state index contributed by atoms with van der Waals surface area (Å²) >= 11 is 0. The normalized spacial score (nSPS) is 12.9. The molecule has 102 valence electrons. The average Bonchev–Trinajstić information content (AvgIpc) is 2.40. The standard InChI is InChI=1S/C16H20O3/c1-3-10-16(2,19-14-17)11-7-12-18-13-15-8-5-4-6-9-15/h4-6,8-9,14H,3,10,12-13H2,1-2H3. The van der Waals surface area contributed by atoms with Crippen LogP contribution < -0.4 is 0 Å². The summed E-state index contributed by atoms with van der Waals surface area (Å²) in [6.07, 6.45) is 1.63. The Labute approximate surface area is 114 Å². The second-order valence-electron chi connectivity index (χ2n) is 4.48. The molecule has 19 heavy (non-hydrogen) atoms. The molecule has 3 heteroatoms. The van der Waals surface area contributed by atoms with Crippen LogP contribution in [0.4, 0.5) is 0 Å². The van der Waals surface area contributed by atoms with Crippen molar-refractivity contribution < 1.29 is 14.3 Å². The predicted molar refractivity (Wildman–Crippen MR) is 74.3 cm³/mol. The molecule has 0 saturated heterocycles. The van der Waals surface area contributed by atoms with Crippen LogP contribution in [0.1, 0.15) is 32.3 Å². The van der Waals surface area contributed by atoms with E-state index < -0.39 is 5.60 Å². The van der Waals surface area contributed by atoms with E-state index in [-0.39, 0.29) is 0 Å². The van der Waals surface area contributed by atoms with Gasteiger partial charge in [-0.05, 0) is 18.9 Å². The minimum atomic E-state index is -0.702. The highest BCUT2D eigenvalue weighted by Crippen LogP contribution is 2.15. The highest BCUT2D eigenvalue weighted by atomic mass is 16.5. The van der Waals surface area contributed by atoms with Gasteiger partial charge in [0.05, 0.1) is 6.61 Å². The van der Waals surface area contributed by atoms with Gasteiger partial charge < -0.3 is 9.47 Å². The zero-order chi connectivity index (χ0) is 14.0. The summed E-state index contributed by atoms with van der Waals surface area (Å²) in [5.74, 6) is 5.87. The van der Waals surface area contributed by atoms with Gasteiger partial charge in [-0.25, -0.2) is 0 Å². The first-order chi connectivity index (χ1) is 9.20. The van der Waals surface area contributed by atoms with Crippen LogP contribution in [0, 0.1) is 11.8 Å². The van der Waals surface area contributed by atoms with Gasteiger partial charge in [-0.2, -0.15) is 0 Å². The minimum Gasteiger partial charge on any atom is -0.448 e. The molecule has 0 fully saturated rings. The average molecular weight is 260 g/mol. The molecular formula is C16H20O3. The van der Waals surface area contributed by atoms with Crippen molar-refractivity contribution >= 4 is 6.47 Å². The number of ether oxygens (including phenoxy) is 2. The quantitative estimate of drug-likeness (QED) is 0.429. The molecule has 1 unspecified atom stereocenters. The molecule has 1 aromatic carbocycles. The Hall–Kier alpha value is -1.79.